The molecule has 0 saturated carbocycles. The van der Waals surface area contributed by atoms with Crippen molar-refractivity contribution in [3.63, 3.8) is 0 Å². The molecule has 112 valence electrons. The third-order valence-corrected chi connectivity index (χ3v) is 3.56. The molecule has 0 unspecified atom stereocenters. The zero-order valence-electron chi connectivity index (χ0n) is 13.5. The summed E-state index contributed by atoms with van der Waals surface area (Å²) in [5.41, 5.74) is 4.85. The number of rotatable bonds is 6. The smallest absolute Gasteiger partial charge is 0.130 e. The van der Waals surface area contributed by atoms with Gasteiger partial charge in [-0.1, -0.05) is 36.8 Å². The topological polar surface area (TPSA) is 21.3 Å². The summed E-state index contributed by atoms with van der Waals surface area (Å²) in [4.78, 5) is 0. The molecule has 0 atom stereocenters. The van der Waals surface area contributed by atoms with E-state index in [0.29, 0.717) is 0 Å². The van der Waals surface area contributed by atoms with E-state index in [2.05, 4.69) is 63.3 Å². The highest BCUT2D eigenvalue weighted by molar-refractivity contribution is 5.43. The van der Waals surface area contributed by atoms with Crippen molar-refractivity contribution < 1.29 is 4.74 Å². The van der Waals surface area contributed by atoms with Crippen LogP contribution in [-0.2, 0) is 6.54 Å². The van der Waals surface area contributed by atoms with Gasteiger partial charge in [-0.3, -0.25) is 0 Å². The van der Waals surface area contributed by atoms with Crippen molar-refractivity contribution in [3.05, 3.63) is 58.7 Å². The first-order chi connectivity index (χ1) is 10.1. The van der Waals surface area contributed by atoms with E-state index in [1.165, 1.54) is 16.7 Å². The van der Waals surface area contributed by atoms with Gasteiger partial charge in [0.05, 0.1) is 0 Å². The summed E-state index contributed by atoms with van der Waals surface area (Å²) in [6.45, 7) is 10.4. The molecule has 0 amide bonds. The van der Waals surface area contributed by atoms with E-state index in [-0.39, 0.29) is 0 Å². The van der Waals surface area contributed by atoms with E-state index in [1.54, 1.807) is 0 Å². The Balaban J connectivity index is 2.16. The summed E-state index contributed by atoms with van der Waals surface area (Å²) in [5, 5.41) is 3.43. The molecular formula is C19H25NO. The first-order valence-corrected chi connectivity index (χ1v) is 7.65. The summed E-state index contributed by atoms with van der Waals surface area (Å²) in [6.07, 6.45) is 1.15. The van der Waals surface area contributed by atoms with Crippen LogP contribution in [0.1, 0.15) is 35.6 Å². The monoisotopic (exact) mass is 283 g/mol. The number of ether oxygens (including phenoxy) is 1. The third kappa shape index (κ3) is 4.33. The molecule has 0 fully saturated rings. The van der Waals surface area contributed by atoms with Gasteiger partial charge in [0, 0.05) is 6.54 Å². The van der Waals surface area contributed by atoms with E-state index in [1.807, 2.05) is 6.07 Å². The number of aryl methyl sites for hydroxylation is 3. The van der Waals surface area contributed by atoms with Gasteiger partial charge in [0.1, 0.15) is 11.5 Å². The Kier molecular flexibility index (Phi) is 5.40. The maximum absolute atomic E-state index is 6.11. The zero-order valence-corrected chi connectivity index (χ0v) is 13.5. The van der Waals surface area contributed by atoms with Gasteiger partial charge in [-0.05, 0) is 62.6 Å². The molecule has 0 bridgehead atoms. The van der Waals surface area contributed by atoms with E-state index < -0.39 is 0 Å². The fourth-order valence-electron chi connectivity index (χ4n) is 2.31. The molecule has 2 rings (SSSR count). The van der Waals surface area contributed by atoms with Gasteiger partial charge in [0.2, 0.25) is 0 Å². The molecule has 2 aromatic rings. The fourth-order valence-corrected chi connectivity index (χ4v) is 2.31. The molecule has 0 aliphatic heterocycles. The molecule has 0 saturated heterocycles. The predicted molar refractivity (Wildman–Crippen MR) is 89.2 cm³/mol. The summed E-state index contributed by atoms with van der Waals surface area (Å²) < 4.78 is 6.11. The average Bonchev–Trinajstić information content (AvgIpc) is 2.45. The lowest BCUT2D eigenvalue weighted by Crippen LogP contribution is -2.13. The Hall–Kier alpha value is -1.80. The molecular weight excluding hydrogens is 258 g/mol. The Morgan fingerprint density at radius 2 is 1.71 bits per heavy atom. The highest BCUT2D eigenvalue weighted by atomic mass is 16.5. The van der Waals surface area contributed by atoms with E-state index in [9.17, 15) is 0 Å². The summed E-state index contributed by atoms with van der Waals surface area (Å²) in [5.74, 6) is 1.88. The molecule has 1 N–H and O–H groups in total. The summed E-state index contributed by atoms with van der Waals surface area (Å²) in [6, 6.07) is 12.7. The van der Waals surface area contributed by atoms with Crippen molar-refractivity contribution in [1.29, 1.82) is 0 Å². The molecule has 2 heteroatoms. The molecule has 0 aliphatic rings. The first-order valence-electron chi connectivity index (χ1n) is 7.65. The van der Waals surface area contributed by atoms with Crippen LogP contribution >= 0.6 is 0 Å². The van der Waals surface area contributed by atoms with Crippen LogP contribution in [0.25, 0.3) is 0 Å². The van der Waals surface area contributed by atoms with Crippen molar-refractivity contribution in [3.8, 4) is 11.5 Å². The Morgan fingerprint density at radius 3 is 2.43 bits per heavy atom. The maximum Gasteiger partial charge on any atom is 0.130 e. The largest absolute Gasteiger partial charge is 0.457 e. The van der Waals surface area contributed by atoms with Gasteiger partial charge in [-0.15, -0.1) is 0 Å². The fraction of sp³-hybridized carbons (Fsp3) is 0.368. The Bertz CT molecular complexity index is 605. The van der Waals surface area contributed by atoms with Gasteiger partial charge in [0.25, 0.3) is 0 Å². The molecule has 0 aliphatic carbocycles. The van der Waals surface area contributed by atoms with Crippen molar-refractivity contribution in [2.24, 2.45) is 0 Å². The highest BCUT2D eigenvalue weighted by Gasteiger charge is 2.06. The lowest BCUT2D eigenvalue weighted by Gasteiger charge is -2.13. The van der Waals surface area contributed by atoms with Gasteiger partial charge < -0.3 is 10.1 Å². The molecule has 2 nitrogen and oxygen atoms in total. The number of hydrogen-bond donors (Lipinski definition) is 1. The Labute approximate surface area is 128 Å². The third-order valence-electron chi connectivity index (χ3n) is 3.56. The highest BCUT2D eigenvalue weighted by Crippen LogP contribution is 2.29. The van der Waals surface area contributed by atoms with Gasteiger partial charge in [-0.2, -0.15) is 0 Å². The van der Waals surface area contributed by atoms with Gasteiger partial charge >= 0.3 is 0 Å². The second-order valence-electron chi connectivity index (χ2n) is 5.65. The van der Waals surface area contributed by atoms with Crippen molar-refractivity contribution in [2.45, 2.75) is 40.7 Å². The van der Waals surface area contributed by atoms with E-state index in [4.69, 9.17) is 4.74 Å². The lowest BCUT2D eigenvalue weighted by molar-refractivity contribution is 0.474. The molecule has 0 aromatic heterocycles. The van der Waals surface area contributed by atoms with Crippen LogP contribution in [0.2, 0.25) is 0 Å². The van der Waals surface area contributed by atoms with Crippen LogP contribution in [-0.4, -0.2) is 6.54 Å². The Morgan fingerprint density at radius 1 is 0.905 bits per heavy atom. The number of nitrogens with one attached hydrogen (secondary N) is 1. The van der Waals surface area contributed by atoms with Crippen molar-refractivity contribution in [1.82, 2.24) is 5.32 Å². The number of hydrogen-bond acceptors (Lipinski definition) is 2. The van der Waals surface area contributed by atoms with Gasteiger partial charge in [-0.25, -0.2) is 0 Å². The van der Waals surface area contributed by atoms with Crippen LogP contribution in [0.3, 0.4) is 0 Å². The number of benzene rings is 2. The second-order valence-corrected chi connectivity index (χ2v) is 5.65. The lowest BCUT2D eigenvalue weighted by atomic mass is 10.1. The summed E-state index contributed by atoms with van der Waals surface area (Å²) >= 11 is 0. The van der Waals surface area contributed by atoms with Crippen LogP contribution < -0.4 is 10.1 Å². The quantitative estimate of drug-likeness (QED) is 0.761. The molecule has 2 aromatic carbocycles. The minimum atomic E-state index is 0.886. The second kappa shape index (κ2) is 7.28. The maximum atomic E-state index is 6.11. The minimum Gasteiger partial charge on any atom is -0.457 e. The minimum absolute atomic E-state index is 0.886. The van der Waals surface area contributed by atoms with Crippen molar-refractivity contribution in [2.75, 3.05) is 6.54 Å². The normalized spacial score (nSPS) is 10.7. The van der Waals surface area contributed by atoms with Crippen LogP contribution in [0.15, 0.2) is 36.4 Å². The zero-order chi connectivity index (χ0) is 15.2. The predicted octanol–water partition coefficient (Wildman–Crippen LogP) is 4.90. The molecule has 0 radical (unpaired) electrons. The van der Waals surface area contributed by atoms with Crippen LogP contribution in [0.4, 0.5) is 0 Å². The van der Waals surface area contributed by atoms with Crippen LogP contribution in [0, 0.1) is 20.8 Å². The van der Waals surface area contributed by atoms with E-state index >= 15 is 0 Å². The summed E-state index contributed by atoms with van der Waals surface area (Å²) in [7, 11) is 0. The van der Waals surface area contributed by atoms with Gasteiger partial charge in [0.15, 0.2) is 0 Å². The standard InChI is InChI=1S/C19H25NO/c1-5-10-20-13-17-8-7-15(3)19(12-17)21-18-9-6-14(2)11-16(18)4/h6-9,11-12,20H,5,10,13H2,1-4H3. The SMILES string of the molecule is CCCNCc1ccc(C)c(Oc2ccc(C)cc2C)c1. The average molecular weight is 283 g/mol. The van der Waals surface area contributed by atoms with Crippen molar-refractivity contribution >= 4 is 0 Å². The molecule has 0 heterocycles. The molecule has 0 spiro atoms. The van der Waals surface area contributed by atoms with Crippen LogP contribution in [0.5, 0.6) is 11.5 Å². The van der Waals surface area contributed by atoms with E-state index in [0.717, 1.165) is 36.6 Å². The molecule has 21 heavy (non-hydrogen) atoms. The first kappa shape index (κ1) is 15.6.